The zero-order valence-electron chi connectivity index (χ0n) is 12.7. The van der Waals surface area contributed by atoms with Crippen LogP contribution in [0.25, 0.3) is 0 Å². The second kappa shape index (κ2) is 7.73. The maximum Gasteiger partial charge on any atom is 0.349 e. The Balaban J connectivity index is 2.35. The summed E-state index contributed by atoms with van der Waals surface area (Å²) in [5, 5.41) is 1.55. The van der Waals surface area contributed by atoms with Gasteiger partial charge in [-0.3, -0.25) is 0 Å². The molecule has 0 aliphatic heterocycles. The highest BCUT2D eigenvalue weighted by molar-refractivity contribution is 7.89. The molecule has 2 heterocycles. The number of furan rings is 1. The van der Waals surface area contributed by atoms with Gasteiger partial charge in [0.2, 0.25) is 10.0 Å². The first-order chi connectivity index (χ1) is 11.0. The topological polar surface area (TPSA) is 86.0 Å². The number of carbonyl (C=O) groups is 1. The second-order valence-electron chi connectivity index (χ2n) is 4.57. The third kappa shape index (κ3) is 3.99. The van der Waals surface area contributed by atoms with Gasteiger partial charge in [-0.2, -0.15) is 4.31 Å². The van der Waals surface area contributed by atoms with Crippen LogP contribution in [0.5, 0.6) is 0 Å². The molecule has 0 aliphatic rings. The summed E-state index contributed by atoms with van der Waals surface area (Å²) in [4.78, 5) is 11.8. The van der Waals surface area contributed by atoms with Crippen LogP contribution in [0.15, 0.2) is 39.4 Å². The summed E-state index contributed by atoms with van der Waals surface area (Å²) in [6, 6.07) is 3.09. The van der Waals surface area contributed by atoms with E-state index in [1.54, 1.807) is 11.4 Å². The average molecular weight is 359 g/mol. The molecule has 2 rings (SSSR count). The molecule has 2 aromatic rings. The maximum atomic E-state index is 12.9. The smallest absolute Gasteiger partial charge is 0.349 e. The minimum absolute atomic E-state index is 0.0575. The van der Waals surface area contributed by atoms with Gasteiger partial charge in [0.1, 0.15) is 9.77 Å². The number of sulfonamides is 1. The van der Waals surface area contributed by atoms with Gasteiger partial charge >= 0.3 is 5.97 Å². The molecule has 23 heavy (non-hydrogen) atoms. The Hall–Kier alpha value is -1.68. The van der Waals surface area contributed by atoms with Crippen LogP contribution in [0.4, 0.5) is 0 Å². The highest BCUT2D eigenvalue weighted by Gasteiger charge is 2.30. The lowest BCUT2D eigenvalue weighted by Gasteiger charge is -2.21. The van der Waals surface area contributed by atoms with Gasteiger partial charge in [-0.1, -0.05) is 0 Å². The highest BCUT2D eigenvalue weighted by atomic mass is 32.2. The molecule has 9 heteroatoms. The molecule has 0 amide bonds. The summed E-state index contributed by atoms with van der Waals surface area (Å²) in [5.41, 5.74) is 0.708. The van der Waals surface area contributed by atoms with Gasteiger partial charge in [0, 0.05) is 25.8 Å². The molecule has 0 N–H and O–H groups in total. The van der Waals surface area contributed by atoms with Crippen LogP contribution < -0.4 is 0 Å². The number of carbonyl (C=O) groups excluding carboxylic acids is 1. The number of hydrogen-bond donors (Lipinski definition) is 0. The number of hydrogen-bond acceptors (Lipinski definition) is 7. The Morgan fingerprint density at radius 3 is 2.74 bits per heavy atom. The zero-order chi connectivity index (χ0) is 16.9. The van der Waals surface area contributed by atoms with Crippen molar-refractivity contribution in [2.24, 2.45) is 0 Å². The van der Waals surface area contributed by atoms with E-state index in [9.17, 15) is 13.2 Å². The Kier molecular flexibility index (Phi) is 5.94. The predicted molar refractivity (Wildman–Crippen MR) is 83.8 cm³/mol. The molecule has 0 unspecified atom stereocenters. The molecule has 0 saturated heterocycles. The van der Waals surface area contributed by atoms with Crippen molar-refractivity contribution in [3.8, 4) is 0 Å². The lowest BCUT2D eigenvalue weighted by Crippen LogP contribution is -2.34. The fourth-order valence-electron chi connectivity index (χ4n) is 1.94. The molecule has 126 valence electrons. The van der Waals surface area contributed by atoms with Crippen molar-refractivity contribution in [2.75, 3.05) is 27.4 Å². The third-order valence-electron chi connectivity index (χ3n) is 3.10. The summed E-state index contributed by atoms with van der Waals surface area (Å²) >= 11 is 1.03. The summed E-state index contributed by atoms with van der Waals surface area (Å²) < 4.78 is 41.7. The molecular weight excluding hydrogens is 342 g/mol. The van der Waals surface area contributed by atoms with E-state index in [1.807, 2.05) is 0 Å². The van der Waals surface area contributed by atoms with Gasteiger partial charge in [-0.05, 0) is 17.5 Å². The zero-order valence-corrected chi connectivity index (χ0v) is 14.4. The number of nitrogens with zero attached hydrogens (tertiary/aromatic N) is 1. The van der Waals surface area contributed by atoms with Crippen molar-refractivity contribution in [2.45, 2.75) is 11.4 Å². The number of thiophene rings is 1. The molecule has 0 radical (unpaired) electrons. The quantitative estimate of drug-likeness (QED) is 0.670. The molecule has 0 atom stereocenters. The Morgan fingerprint density at radius 1 is 1.35 bits per heavy atom. The minimum atomic E-state index is -3.87. The van der Waals surface area contributed by atoms with Crippen molar-refractivity contribution in [1.82, 2.24) is 4.31 Å². The molecule has 0 aliphatic carbocycles. The van der Waals surface area contributed by atoms with Crippen LogP contribution in [0.1, 0.15) is 15.2 Å². The molecule has 0 saturated carbocycles. The lowest BCUT2D eigenvalue weighted by molar-refractivity contribution is 0.0602. The van der Waals surface area contributed by atoms with Gasteiger partial charge in [-0.15, -0.1) is 11.3 Å². The van der Waals surface area contributed by atoms with E-state index in [0.29, 0.717) is 5.56 Å². The van der Waals surface area contributed by atoms with Crippen molar-refractivity contribution in [3.05, 3.63) is 40.5 Å². The number of ether oxygens (including phenoxy) is 2. The van der Waals surface area contributed by atoms with Crippen molar-refractivity contribution < 1.29 is 27.1 Å². The standard InChI is InChI=1S/C14H17NO6S2/c1-19-7-5-15(9-11-3-6-21-10-11)23(17,18)12-4-8-22-13(12)14(16)20-2/h3-4,6,8,10H,5,7,9H2,1-2H3. The normalized spacial score (nSPS) is 11.8. The van der Waals surface area contributed by atoms with Crippen molar-refractivity contribution in [1.29, 1.82) is 0 Å². The lowest BCUT2D eigenvalue weighted by atomic mass is 10.3. The van der Waals surface area contributed by atoms with E-state index < -0.39 is 16.0 Å². The van der Waals surface area contributed by atoms with Crippen LogP contribution in [-0.4, -0.2) is 46.1 Å². The summed E-state index contributed by atoms with van der Waals surface area (Å²) in [7, 11) is -1.16. The van der Waals surface area contributed by atoms with Crippen LogP contribution >= 0.6 is 11.3 Å². The molecule has 0 spiro atoms. The summed E-state index contributed by atoms with van der Waals surface area (Å²) in [6.07, 6.45) is 2.95. The molecule has 2 aromatic heterocycles. The Labute approximate surface area is 138 Å². The van der Waals surface area contributed by atoms with E-state index >= 15 is 0 Å². The van der Waals surface area contributed by atoms with E-state index in [1.165, 1.54) is 37.1 Å². The number of rotatable bonds is 8. The first-order valence-corrected chi connectivity index (χ1v) is 8.98. The fourth-order valence-corrected chi connectivity index (χ4v) is 4.66. The Bertz CT molecular complexity index is 735. The predicted octanol–water partition coefficient (Wildman–Crippen LogP) is 1.97. The fraction of sp³-hybridized carbons (Fsp3) is 0.357. The van der Waals surface area contributed by atoms with E-state index in [4.69, 9.17) is 9.15 Å². The molecule has 0 fully saturated rings. The van der Waals surface area contributed by atoms with E-state index in [-0.39, 0.29) is 29.5 Å². The van der Waals surface area contributed by atoms with Gasteiger partial charge in [0.15, 0.2) is 0 Å². The van der Waals surface area contributed by atoms with E-state index in [2.05, 4.69) is 4.74 Å². The number of methoxy groups -OCH3 is 2. The average Bonchev–Trinajstić information content (AvgIpc) is 3.21. The van der Waals surface area contributed by atoms with Gasteiger partial charge in [0.25, 0.3) is 0 Å². The van der Waals surface area contributed by atoms with Gasteiger partial charge in [-0.25, -0.2) is 13.2 Å². The largest absolute Gasteiger partial charge is 0.472 e. The van der Waals surface area contributed by atoms with Crippen molar-refractivity contribution >= 4 is 27.3 Å². The van der Waals surface area contributed by atoms with Crippen LogP contribution in [0.2, 0.25) is 0 Å². The molecule has 0 bridgehead atoms. The third-order valence-corrected chi connectivity index (χ3v) is 6.01. The van der Waals surface area contributed by atoms with Crippen molar-refractivity contribution in [3.63, 3.8) is 0 Å². The number of esters is 1. The monoisotopic (exact) mass is 359 g/mol. The summed E-state index contributed by atoms with van der Waals surface area (Å²) in [5.74, 6) is -0.673. The minimum Gasteiger partial charge on any atom is -0.472 e. The van der Waals surface area contributed by atoms with Gasteiger partial charge in [0.05, 0.1) is 26.2 Å². The summed E-state index contributed by atoms with van der Waals surface area (Å²) in [6.45, 7) is 0.508. The first kappa shape index (κ1) is 17.7. The molecule has 0 aromatic carbocycles. The molecular formula is C14H17NO6S2. The maximum absolute atomic E-state index is 12.9. The Morgan fingerprint density at radius 2 is 2.13 bits per heavy atom. The van der Waals surface area contributed by atoms with Crippen LogP contribution in [0, 0.1) is 0 Å². The second-order valence-corrected chi connectivity index (χ2v) is 7.39. The van der Waals surface area contributed by atoms with Crippen LogP contribution in [-0.2, 0) is 26.0 Å². The van der Waals surface area contributed by atoms with Gasteiger partial charge < -0.3 is 13.9 Å². The highest BCUT2D eigenvalue weighted by Crippen LogP contribution is 2.27. The SMILES string of the molecule is COCCN(Cc1ccoc1)S(=O)(=O)c1ccsc1C(=O)OC. The van der Waals surface area contributed by atoms with Crippen LogP contribution in [0.3, 0.4) is 0 Å². The van der Waals surface area contributed by atoms with E-state index in [0.717, 1.165) is 11.3 Å². The molecule has 7 nitrogen and oxygen atoms in total. The first-order valence-electron chi connectivity index (χ1n) is 6.66.